The fourth-order valence-corrected chi connectivity index (χ4v) is 2.76. The Hall–Kier alpha value is -2.17. The number of hydrogen-bond donors (Lipinski definition) is 0. The van der Waals surface area contributed by atoms with Crippen molar-refractivity contribution in [2.45, 2.75) is 31.8 Å². The maximum Gasteiger partial charge on any atom is 0.194 e. The minimum absolute atomic E-state index is 0.0722. The number of rotatable bonds is 4. The molecule has 0 aliphatic carbocycles. The lowest BCUT2D eigenvalue weighted by molar-refractivity contribution is -0.143. The zero-order valence-corrected chi connectivity index (χ0v) is 13.5. The van der Waals surface area contributed by atoms with Crippen molar-refractivity contribution in [2.75, 3.05) is 7.11 Å². The van der Waals surface area contributed by atoms with E-state index in [2.05, 4.69) is 0 Å². The van der Waals surface area contributed by atoms with E-state index in [1.165, 1.54) is 0 Å². The van der Waals surface area contributed by atoms with Crippen LogP contribution in [0.15, 0.2) is 54.6 Å². The molecule has 1 saturated heterocycles. The average Bonchev–Trinajstić information content (AvgIpc) is 2.91. The normalized spacial score (nSPS) is 22.7. The first-order valence-electron chi connectivity index (χ1n) is 7.59. The third-order valence-electron chi connectivity index (χ3n) is 3.86. The van der Waals surface area contributed by atoms with Crippen LogP contribution in [0.3, 0.4) is 0 Å². The van der Waals surface area contributed by atoms with Crippen LogP contribution in [0.4, 0.5) is 0 Å². The van der Waals surface area contributed by atoms with Crippen LogP contribution in [-0.2, 0) is 9.47 Å². The molecule has 23 heavy (non-hydrogen) atoms. The summed E-state index contributed by atoms with van der Waals surface area (Å²) in [4.78, 5) is 12.8. The molecule has 4 heteroatoms. The monoisotopic (exact) mass is 312 g/mol. The Morgan fingerprint density at radius 2 is 1.65 bits per heavy atom. The molecule has 0 N–H and O–H groups in total. The number of methoxy groups -OCH3 is 1. The summed E-state index contributed by atoms with van der Waals surface area (Å²) in [5.41, 5.74) is 1.52. The molecule has 2 aromatic carbocycles. The van der Waals surface area contributed by atoms with Gasteiger partial charge in [0, 0.05) is 5.56 Å². The Morgan fingerprint density at radius 1 is 1.00 bits per heavy atom. The smallest absolute Gasteiger partial charge is 0.194 e. The molecular formula is C19H20O4. The van der Waals surface area contributed by atoms with Crippen molar-refractivity contribution in [2.24, 2.45) is 0 Å². The predicted molar refractivity (Wildman–Crippen MR) is 86.5 cm³/mol. The molecule has 120 valence electrons. The molecular weight excluding hydrogens is 292 g/mol. The van der Waals surface area contributed by atoms with Gasteiger partial charge in [-0.3, -0.25) is 4.79 Å². The van der Waals surface area contributed by atoms with E-state index >= 15 is 0 Å². The third-order valence-corrected chi connectivity index (χ3v) is 3.86. The lowest BCUT2D eigenvalue weighted by atomic mass is 9.97. The molecule has 0 bridgehead atoms. The van der Waals surface area contributed by atoms with Crippen molar-refractivity contribution in [1.29, 1.82) is 0 Å². The van der Waals surface area contributed by atoms with Crippen LogP contribution in [0, 0.1) is 0 Å². The minimum atomic E-state index is -0.806. The van der Waals surface area contributed by atoms with Crippen molar-refractivity contribution in [3.63, 3.8) is 0 Å². The van der Waals surface area contributed by atoms with E-state index in [-0.39, 0.29) is 5.78 Å². The predicted octanol–water partition coefficient (Wildman–Crippen LogP) is 3.77. The van der Waals surface area contributed by atoms with Crippen LogP contribution in [0.2, 0.25) is 0 Å². The molecule has 0 radical (unpaired) electrons. The van der Waals surface area contributed by atoms with Crippen LogP contribution in [0.5, 0.6) is 5.75 Å². The van der Waals surface area contributed by atoms with Gasteiger partial charge in [0.1, 0.15) is 11.9 Å². The first-order valence-corrected chi connectivity index (χ1v) is 7.59. The largest absolute Gasteiger partial charge is 0.497 e. The molecule has 1 aliphatic rings. The zero-order chi connectivity index (χ0) is 16.4. The fourth-order valence-electron chi connectivity index (χ4n) is 2.76. The van der Waals surface area contributed by atoms with Crippen LogP contribution in [-0.4, -0.2) is 24.8 Å². The lowest BCUT2D eigenvalue weighted by Crippen LogP contribution is -2.28. The Bertz CT molecular complexity index is 676. The van der Waals surface area contributed by atoms with Crippen LogP contribution in [0.25, 0.3) is 0 Å². The van der Waals surface area contributed by atoms with E-state index in [0.29, 0.717) is 5.56 Å². The Labute approximate surface area is 136 Å². The van der Waals surface area contributed by atoms with Gasteiger partial charge in [-0.1, -0.05) is 42.5 Å². The van der Waals surface area contributed by atoms with E-state index < -0.39 is 18.0 Å². The highest BCUT2D eigenvalue weighted by Crippen LogP contribution is 2.40. The van der Waals surface area contributed by atoms with E-state index in [1.54, 1.807) is 19.2 Å². The van der Waals surface area contributed by atoms with Gasteiger partial charge in [0.25, 0.3) is 0 Å². The van der Waals surface area contributed by atoms with Gasteiger partial charge in [0.15, 0.2) is 17.7 Å². The topological polar surface area (TPSA) is 44.8 Å². The molecule has 1 aliphatic heterocycles. The third kappa shape index (κ3) is 3.28. The number of hydrogen-bond acceptors (Lipinski definition) is 4. The highest BCUT2D eigenvalue weighted by Gasteiger charge is 2.45. The second kappa shape index (κ2) is 6.14. The molecule has 1 fully saturated rings. The minimum Gasteiger partial charge on any atom is -0.497 e. The summed E-state index contributed by atoms with van der Waals surface area (Å²) in [6.07, 6.45) is -1.11. The van der Waals surface area contributed by atoms with E-state index in [9.17, 15) is 4.79 Å². The molecule has 4 nitrogen and oxygen atoms in total. The first-order chi connectivity index (χ1) is 11.0. The number of carbonyl (C=O) groups excluding carboxylic acids is 1. The van der Waals surface area contributed by atoms with Crippen LogP contribution in [0.1, 0.15) is 35.9 Å². The van der Waals surface area contributed by atoms with Crippen molar-refractivity contribution in [3.05, 3.63) is 65.7 Å². The van der Waals surface area contributed by atoms with Crippen molar-refractivity contribution >= 4 is 5.78 Å². The van der Waals surface area contributed by atoms with Gasteiger partial charge < -0.3 is 14.2 Å². The van der Waals surface area contributed by atoms with Crippen molar-refractivity contribution in [3.8, 4) is 5.75 Å². The second-order valence-corrected chi connectivity index (χ2v) is 5.98. The van der Waals surface area contributed by atoms with Gasteiger partial charge >= 0.3 is 0 Å². The van der Waals surface area contributed by atoms with Gasteiger partial charge in [-0.05, 0) is 31.5 Å². The SMILES string of the molecule is COc1ccc([C@@H]2OC(C)(C)O[C@H]2C(=O)c2ccccc2)cc1. The molecule has 0 spiro atoms. The van der Waals surface area contributed by atoms with Crippen LogP contribution >= 0.6 is 0 Å². The number of ether oxygens (including phenoxy) is 3. The summed E-state index contributed by atoms with van der Waals surface area (Å²) in [5.74, 6) is -0.116. The molecule has 1 heterocycles. The van der Waals surface area contributed by atoms with Gasteiger partial charge in [0.05, 0.1) is 7.11 Å². The molecule has 3 rings (SSSR count). The summed E-state index contributed by atoms with van der Waals surface area (Å²) >= 11 is 0. The summed E-state index contributed by atoms with van der Waals surface area (Å²) in [6, 6.07) is 16.7. The molecule has 2 aromatic rings. The Balaban J connectivity index is 1.91. The summed E-state index contributed by atoms with van der Waals surface area (Å²) < 4.78 is 17.0. The van der Waals surface area contributed by atoms with Gasteiger partial charge in [0.2, 0.25) is 0 Å². The maximum absolute atomic E-state index is 12.8. The van der Waals surface area contributed by atoms with E-state index in [1.807, 2.05) is 56.3 Å². The quantitative estimate of drug-likeness (QED) is 0.806. The average molecular weight is 312 g/mol. The number of benzene rings is 2. The van der Waals surface area contributed by atoms with Crippen molar-refractivity contribution in [1.82, 2.24) is 0 Å². The highest BCUT2D eigenvalue weighted by molar-refractivity contribution is 6.00. The highest BCUT2D eigenvalue weighted by atomic mass is 16.8. The summed E-state index contributed by atoms with van der Waals surface area (Å²) in [6.45, 7) is 3.64. The number of ketones is 1. The first kappa shape index (κ1) is 15.7. The van der Waals surface area contributed by atoms with Gasteiger partial charge in [-0.2, -0.15) is 0 Å². The molecule has 0 unspecified atom stereocenters. The summed E-state index contributed by atoms with van der Waals surface area (Å²) in [7, 11) is 1.62. The summed E-state index contributed by atoms with van der Waals surface area (Å²) in [5, 5.41) is 0. The fraction of sp³-hybridized carbons (Fsp3) is 0.316. The van der Waals surface area contributed by atoms with Gasteiger partial charge in [-0.25, -0.2) is 0 Å². The molecule has 2 atom stereocenters. The molecule has 0 amide bonds. The maximum atomic E-state index is 12.8. The van der Waals surface area contributed by atoms with Gasteiger partial charge in [-0.15, -0.1) is 0 Å². The van der Waals surface area contributed by atoms with E-state index in [4.69, 9.17) is 14.2 Å². The molecule has 0 aromatic heterocycles. The van der Waals surface area contributed by atoms with Crippen LogP contribution < -0.4 is 4.74 Å². The van der Waals surface area contributed by atoms with E-state index in [0.717, 1.165) is 11.3 Å². The Morgan fingerprint density at radius 3 is 2.26 bits per heavy atom. The zero-order valence-electron chi connectivity index (χ0n) is 13.5. The number of carbonyl (C=O) groups is 1. The lowest BCUT2D eigenvalue weighted by Gasteiger charge is -2.17. The Kier molecular flexibility index (Phi) is 4.20. The van der Waals surface area contributed by atoms with Crippen molar-refractivity contribution < 1.29 is 19.0 Å². The standard InChI is InChI=1S/C19H20O4/c1-19(2)22-17(14-9-11-15(21-3)12-10-14)18(23-19)16(20)13-7-5-4-6-8-13/h4-12,17-18H,1-3H3/t17-,18-/m0/s1. The second-order valence-electron chi connectivity index (χ2n) is 5.98. The number of Topliss-reactive ketones (excluding diaryl/α,β-unsaturated/α-hetero) is 1. The molecule has 0 saturated carbocycles.